The van der Waals surface area contributed by atoms with Crippen LogP contribution in [0.4, 0.5) is 5.82 Å². The maximum absolute atomic E-state index is 11.3. The Morgan fingerprint density at radius 2 is 2.22 bits per heavy atom. The molecule has 1 saturated heterocycles. The highest BCUT2D eigenvalue weighted by molar-refractivity contribution is 5.91. The zero-order chi connectivity index (χ0) is 13.3. The van der Waals surface area contributed by atoms with Crippen LogP contribution in [0.15, 0.2) is 18.2 Å². The first kappa shape index (κ1) is 12.3. The maximum Gasteiger partial charge on any atom is 0.326 e. The number of aromatic nitrogens is 1. The van der Waals surface area contributed by atoms with Crippen molar-refractivity contribution >= 4 is 17.7 Å². The first-order chi connectivity index (χ1) is 8.50. The lowest BCUT2D eigenvalue weighted by Gasteiger charge is -2.24. The molecule has 1 aliphatic rings. The van der Waals surface area contributed by atoms with Crippen molar-refractivity contribution in [1.29, 1.82) is 0 Å². The zero-order valence-electron chi connectivity index (χ0n) is 10.0. The van der Waals surface area contributed by atoms with Gasteiger partial charge in [-0.3, -0.25) is 4.79 Å². The number of hydrogen-bond donors (Lipinski definition) is 2. The minimum atomic E-state index is -0.869. The van der Waals surface area contributed by atoms with Crippen LogP contribution >= 0.6 is 0 Å². The summed E-state index contributed by atoms with van der Waals surface area (Å²) in [7, 11) is 0. The van der Waals surface area contributed by atoms with Crippen LogP contribution in [0.2, 0.25) is 0 Å². The van der Waals surface area contributed by atoms with Gasteiger partial charge in [-0.1, -0.05) is 13.0 Å². The summed E-state index contributed by atoms with van der Waals surface area (Å²) in [4.78, 5) is 28.1. The van der Waals surface area contributed by atoms with Crippen molar-refractivity contribution in [2.24, 2.45) is 11.7 Å². The molecule has 3 N–H and O–H groups in total. The molecule has 1 aromatic rings. The van der Waals surface area contributed by atoms with Crippen LogP contribution in [-0.2, 0) is 4.79 Å². The molecule has 1 aliphatic heterocycles. The molecule has 0 saturated carbocycles. The van der Waals surface area contributed by atoms with Crippen molar-refractivity contribution in [2.45, 2.75) is 19.4 Å². The summed E-state index contributed by atoms with van der Waals surface area (Å²) >= 11 is 0. The summed E-state index contributed by atoms with van der Waals surface area (Å²) < 4.78 is 0. The largest absolute Gasteiger partial charge is 0.480 e. The second-order valence-corrected chi connectivity index (χ2v) is 4.49. The summed E-state index contributed by atoms with van der Waals surface area (Å²) in [6, 6.07) is 4.27. The molecule has 2 rings (SSSR count). The highest BCUT2D eigenvalue weighted by atomic mass is 16.4. The molecule has 2 heterocycles. The van der Waals surface area contributed by atoms with Crippen LogP contribution in [-0.4, -0.2) is 34.6 Å². The molecule has 1 amide bonds. The summed E-state index contributed by atoms with van der Waals surface area (Å²) in [6.07, 6.45) is 0.791. The van der Waals surface area contributed by atoms with Crippen LogP contribution in [0, 0.1) is 5.92 Å². The Morgan fingerprint density at radius 1 is 1.50 bits per heavy atom. The molecule has 2 unspecified atom stereocenters. The molecule has 1 fully saturated rings. The first-order valence-electron chi connectivity index (χ1n) is 5.77. The Balaban J connectivity index is 2.33. The third-order valence-electron chi connectivity index (χ3n) is 3.23. The molecule has 96 valence electrons. The SMILES string of the molecule is CC1CCN(c2cccc(C(N)=O)n2)C1C(=O)O. The van der Waals surface area contributed by atoms with Gasteiger partial charge in [0.25, 0.3) is 5.91 Å². The monoisotopic (exact) mass is 249 g/mol. The molecule has 0 aliphatic carbocycles. The van der Waals surface area contributed by atoms with E-state index in [2.05, 4.69) is 4.98 Å². The van der Waals surface area contributed by atoms with E-state index in [1.807, 2.05) is 6.92 Å². The number of carboxylic acids is 1. The predicted molar refractivity (Wildman–Crippen MR) is 65.3 cm³/mol. The van der Waals surface area contributed by atoms with Gasteiger partial charge in [-0.25, -0.2) is 9.78 Å². The van der Waals surface area contributed by atoms with Gasteiger partial charge in [0.2, 0.25) is 0 Å². The number of carbonyl (C=O) groups excluding carboxylic acids is 1. The molecule has 0 bridgehead atoms. The van der Waals surface area contributed by atoms with Crippen LogP contribution in [0.5, 0.6) is 0 Å². The molecule has 6 nitrogen and oxygen atoms in total. The van der Waals surface area contributed by atoms with Gasteiger partial charge in [-0.2, -0.15) is 0 Å². The normalized spacial score (nSPS) is 23.1. The minimum Gasteiger partial charge on any atom is -0.480 e. The van der Waals surface area contributed by atoms with Gasteiger partial charge in [0, 0.05) is 6.54 Å². The van der Waals surface area contributed by atoms with Crippen LogP contribution < -0.4 is 10.6 Å². The molecule has 2 atom stereocenters. The lowest BCUT2D eigenvalue weighted by Crippen LogP contribution is -2.39. The van der Waals surface area contributed by atoms with Crippen LogP contribution in [0.1, 0.15) is 23.8 Å². The number of amides is 1. The van der Waals surface area contributed by atoms with E-state index in [1.165, 1.54) is 6.07 Å². The van der Waals surface area contributed by atoms with Crippen LogP contribution in [0.3, 0.4) is 0 Å². The first-order valence-corrected chi connectivity index (χ1v) is 5.77. The van der Waals surface area contributed by atoms with E-state index in [1.54, 1.807) is 17.0 Å². The lowest BCUT2D eigenvalue weighted by atomic mass is 10.0. The number of pyridine rings is 1. The number of hydrogen-bond acceptors (Lipinski definition) is 4. The van der Waals surface area contributed by atoms with E-state index < -0.39 is 17.9 Å². The Hall–Kier alpha value is -2.11. The summed E-state index contributed by atoms with van der Waals surface area (Å²) in [5.41, 5.74) is 5.32. The fourth-order valence-electron chi connectivity index (χ4n) is 2.30. The van der Waals surface area contributed by atoms with Crippen molar-refractivity contribution < 1.29 is 14.7 Å². The number of nitrogens with two attached hydrogens (primary N) is 1. The average molecular weight is 249 g/mol. The van der Waals surface area contributed by atoms with Gasteiger partial charge < -0.3 is 15.7 Å². The van der Waals surface area contributed by atoms with E-state index in [9.17, 15) is 14.7 Å². The predicted octanol–water partition coefficient (Wildman–Crippen LogP) is 0.480. The van der Waals surface area contributed by atoms with E-state index in [0.29, 0.717) is 12.4 Å². The van der Waals surface area contributed by atoms with Crippen molar-refractivity contribution in [3.05, 3.63) is 23.9 Å². The Labute approximate surface area is 104 Å². The number of nitrogens with zero attached hydrogens (tertiary/aromatic N) is 2. The lowest BCUT2D eigenvalue weighted by molar-refractivity contribution is -0.139. The summed E-state index contributed by atoms with van der Waals surface area (Å²) in [5, 5.41) is 9.23. The number of rotatable bonds is 3. The minimum absolute atomic E-state index is 0.0570. The van der Waals surface area contributed by atoms with Gasteiger partial charge >= 0.3 is 5.97 Å². The van der Waals surface area contributed by atoms with E-state index in [4.69, 9.17) is 5.73 Å². The van der Waals surface area contributed by atoms with Gasteiger partial charge in [-0.15, -0.1) is 0 Å². The second-order valence-electron chi connectivity index (χ2n) is 4.49. The molecule has 0 aromatic carbocycles. The van der Waals surface area contributed by atoms with E-state index in [-0.39, 0.29) is 11.6 Å². The fraction of sp³-hybridized carbons (Fsp3) is 0.417. The second kappa shape index (κ2) is 4.64. The molecule has 0 spiro atoms. The number of carbonyl (C=O) groups is 2. The zero-order valence-corrected chi connectivity index (χ0v) is 10.0. The van der Waals surface area contributed by atoms with Crippen molar-refractivity contribution in [1.82, 2.24) is 4.98 Å². The summed E-state index contributed by atoms with van der Waals surface area (Å²) in [6.45, 7) is 2.52. The third kappa shape index (κ3) is 2.13. The molecule has 1 aromatic heterocycles. The Morgan fingerprint density at radius 3 is 2.83 bits per heavy atom. The Kier molecular flexibility index (Phi) is 3.18. The quantitative estimate of drug-likeness (QED) is 0.812. The van der Waals surface area contributed by atoms with Crippen molar-refractivity contribution in [2.75, 3.05) is 11.4 Å². The summed E-state index contributed by atoms with van der Waals surface area (Å²) in [5.74, 6) is -0.938. The smallest absolute Gasteiger partial charge is 0.326 e. The van der Waals surface area contributed by atoms with E-state index >= 15 is 0 Å². The number of primary amides is 1. The Bertz CT molecular complexity index is 489. The standard InChI is InChI=1S/C12H15N3O3/c1-7-5-6-15(10(7)12(17)18)9-4-2-3-8(14-9)11(13)16/h2-4,7,10H,5-6H2,1H3,(H2,13,16)(H,17,18). The van der Waals surface area contributed by atoms with Gasteiger partial charge in [0.05, 0.1) is 0 Å². The molecular weight excluding hydrogens is 234 g/mol. The van der Waals surface area contributed by atoms with E-state index in [0.717, 1.165) is 6.42 Å². The molecular formula is C12H15N3O3. The number of aliphatic carboxylic acids is 1. The molecule has 0 radical (unpaired) electrons. The molecule has 18 heavy (non-hydrogen) atoms. The molecule has 6 heteroatoms. The van der Waals surface area contributed by atoms with Crippen molar-refractivity contribution in [3.8, 4) is 0 Å². The number of carboxylic acid groups (broad SMARTS) is 1. The van der Waals surface area contributed by atoms with Gasteiger partial charge in [0.15, 0.2) is 0 Å². The van der Waals surface area contributed by atoms with Crippen LogP contribution in [0.25, 0.3) is 0 Å². The number of anilines is 1. The topological polar surface area (TPSA) is 96.5 Å². The maximum atomic E-state index is 11.3. The average Bonchev–Trinajstić information content (AvgIpc) is 2.71. The third-order valence-corrected chi connectivity index (χ3v) is 3.23. The van der Waals surface area contributed by atoms with Crippen molar-refractivity contribution in [3.63, 3.8) is 0 Å². The fourth-order valence-corrected chi connectivity index (χ4v) is 2.30. The highest BCUT2D eigenvalue weighted by Gasteiger charge is 2.37. The van der Waals surface area contributed by atoms with Gasteiger partial charge in [-0.05, 0) is 24.5 Å². The van der Waals surface area contributed by atoms with Gasteiger partial charge in [0.1, 0.15) is 17.6 Å². The highest BCUT2D eigenvalue weighted by Crippen LogP contribution is 2.28.